The van der Waals surface area contributed by atoms with Gasteiger partial charge in [-0.15, -0.1) is 0 Å². The lowest BCUT2D eigenvalue weighted by Crippen LogP contribution is -2.37. The fourth-order valence-electron chi connectivity index (χ4n) is 3.44. The molecule has 4 atom stereocenters. The van der Waals surface area contributed by atoms with Crippen molar-refractivity contribution in [3.63, 3.8) is 0 Å². The molecule has 2 rings (SSSR count). The second kappa shape index (κ2) is 7.89. The highest BCUT2D eigenvalue weighted by Crippen LogP contribution is 2.37. The first-order valence-corrected chi connectivity index (χ1v) is 9.47. The molecule has 0 unspecified atom stereocenters. The van der Waals surface area contributed by atoms with Crippen molar-refractivity contribution in [2.24, 2.45) is 11.8 Å². The van der Waals surface area contributed by atoms with E-state index in [1.54, 1.807) is 0 Å². The molecule has 7 heteroatoms. The van der Waals surface area contributed by atoms with Gasteiger partial charge in [0.2, 0.25) is 6.04 Å². The van der Waals surface area contributed by atoms with E-state index < -0.39 is 12.1 Å². The van der Waals surface area contributed by atoms with Crippen molar-refractivity contribution in [1.29, 1.82) is 5.26 Å². The average molecular weight is 436 g/mol. The standard InChI is InChI=1S/C15H20Br2N2O3/c16-12-6-10(15(20)14(17)7-12)5-11(8-18)9-1-3-13(4-2-9)19(21)22/h5,9-10,12-15,20H,1-4,6-7H2/b11-5-/t9?,10-,12-,13?,14-,15+/m0/s1. The molecule has 5 nitrogen and oxygen atoms in total. The maximum absolute atomic E-state index is 10.8. The van der Waals surface area contributed by atoms with Crippen LogP contribution in [0.4, 0.5) is 0 Å². The Balaban J connectivity index is 2.05. The van der Waals surface area contributed by atoms with E-state index in [4.69, 9.17) is 0 Å². The zero-order valence-corrected chi connectivity index (χ0v) is 15.4. The summed E-state index contributed by atoms with van der Waals surface area (Å²) in [6.45, 7) is 0. The van der Waals surface area contributed by atoms with E-state index in [1.807, 2.05) is 6.08 Å². The normalized spacial score (nSPS) is 40.0. The Bertz CT molecular complexity index is 484. The van der Waals surface area contributed by atoms with Gasteiger partial charge in [0.25, 0.3) is 0 Å². The maximum Gasteiger partial charge on any atom is 0.213 e. The number of aliphatic hydroxyl groups excluding tert-OH is 1. The highest BCUT2D eigenvalue weighted by molar-refractivity contribution is 9.10. The van der Waals surface area contributed by atoms with Gasteiger partial charge in [0, 0.05) is 38.9 Å². The smallest absolute Gasteiger partial charge is 0.213 e. The predicted octanol–water partition coefficient (Wildman–Crippen LogP) is 3.57. The van der Waals surface area contributed by atoms with Gasteiger partial charge in [-0.3, -0.25) is 10.1 Å². The summed E-state index contributed by atoms with van der Waals surface area (Å²) >= 11 is 7.10. The van der Waals surface area contributed by atoms with E-state index in [2.05, 4.69) is 37.9 Å². The van der Waals surface area contributed by atoms with Crippen LogP contribution in [0, 0.1) is 33.3 Å². The molecule has 0 bridgehead atoms. The molecule has 0 amide bonds. The number of halogens is 2. The number of hydrogen-bond acceptors (Lipinski definition) is 4. The largest absolute Gasteiger partial charge is 0.391 e. The number of alkyl halides is 2. The minimum absolute atomic E-state index is 0.0250. The highest BCUT2D eigenvalue weighted by Gasteiger charge is 2.35. The number of nitriles is 1. The fraction of sp³-hybridized carbons (Fsp3) is 0.800. The average Bonchev–Trinajstić information content (AvgIpc) is 2.49. The van der Waals surface area contributed by atoms with E-state index >= 15 is 0 Å². The molecule has 2 saturated carbocycles. The molecule has 0 radical (unpaired) electrons. The van der Waals surface area contributed by atoms with Crippen LogP contribution >= 0.6 is 31.9 Å². The summed E-state index contributed by atoms with van der Waals surface area (Å²) in [5.41, 5.74) is 0.687. The molecule has 0 heterocycles. The van der Waals surface area contributed by atoms with Gasteiger partial charge >= 0.3 is 0 Å². The van der Waals surface area contributed by atoms with Crippen LogP contribution < -0.4 is 0 Å². The second-order valence-corrected chi connectivity index (χ2v) is 8.73. The predicted molar refractivity (Wildman–Crippen MR) is 90.6 cm³/mol. The van der Waals surface area contributed by atoms with Gasteiger partial charge in [0.15, 0.2) is 0 Å². The Hall–Kier alpha value is -0.450. The minimum atomic E-state index is -0.493. The first kappa shape index (κ1) is 17.9. The quantitative estimate of drug-likeness (QED) is 0.317. The van der Waals surface area contributed by atoms with E-state index in [1.165, 1.54) is 0 Å². The summed E-state index contributed by atoms with van der Waals surface area (Å²) in [6.07, 6.45) is 5.51. The van der Waals surface area contributed by atoms with E-state index in [0.29, 0.717) is 36.1 Å². The fourth-order valence-corrected chi connectivity index (χ4v) is 5.62. The number of hydrogen-bond donors (Lipinski definition) is 1. The van der Waals surface area contributed by atoms with E-state index in [0.717, 1.165) is 12.8 Å². The molecule has 2 aliphatic carbocycles. The number of nitro groups is 1. The van der Waals surface area contributed by atoms with Crippen LogP contribution in [0.2, 0.25) is 0 Å². The summed E-state index contributed by atoms with van der Waals surface area (Å²) in [7, 11) is 0. The summed E-state index contributed by atoms with van der Waals surface area (Å²) in [4.78, 5) is 11.0. The van der Waals surface area contributed by atoms with E-state index in [-0.39, 0.29) is 21.6 Å². The third-order valence-electron chi connectivity index (χ3n) is 4.78. The number of allylic oxidation sites excluding steroid dienone is 1. The molecule has 0 aromatic carbocycles. The second-order valence-electron chi connectivity index (χ2n) is 6.26. The molecular weight excluding hydrogens is 416 g/mol. The molecule has 0 aromatic heterocycles. The molecule has 0 spiro atoms. The third-order valence-corrected chi connectivity index (χ3v) is 6.44. The third kappa shape index (κ3) is 4.30. The van der Waals surface area contributed by atoms with Crippen molar-refractivity contribution in [3.05, 3.63) is 21.8 Å². The van der Waals surface area contributed by atoms with Crippen molar-refractivity contribution in [2.45, 2.75) is 60.3 Å². The number of aliphatic hydroxyl groups is 1. The number of nitrogens with zero attached hydrogens (tertiary/aromatic N) is 2. The van der Waals surface area contributed by atoms with Crippen LogP contribution in [0.5, 0.6) is 0 Å². The molecule has 0 aromatic rings. The monoisotopic (exact) mass is 434 g/mol. The lowest BCUT2D eigenvalue weighted by atomic mass is 9.78. The van der Waals surface area contributed by atoms with Crippen LogP contribution in [0.15, 0.2) is 11.6 Å². The molecule has 122 valence electrons. The van der Waals surface area contributed by atoms with Gasteiger partial charge < -0.3 is 5.11 Å². The van der Waals surface area contributed by atoms with Gasteiger partial charge in [0.05, 0.1) is 12.2 Å². The van der Waals surface area contributed by atoms with Gasteiger partial charge in [-0.1, -0.05) is 37.9 Å². The zero-order valence-electron chi connectivity index (χ0n) is 12.2. The first-order chi connectivity index (χ1) is 10.4. The van der Waals surface area contributed by atoms with Crippen LogP contribution in [0.1, 0.15) is 38.5 Å². The molecule has 1 N–H and O–H groups in total. The Labute approximate surface area is 147 Å². The van der Waals surface area contributed by atoms with Crippen LogP contribution in [-0.4, -0.2) is 31.8 Å². The van der Waals surface area contributed by atoms with Gasteiger partial charge in [-0.25, -0.2) is 0 Å². The minimum Gasteiger partial charge on any atom is -0.391 e. The highest BCUT2D eigenvalue weighted by atomic mass is 79.9. The summed E-state index contributed by atoms with van der Waals surface area (Å²) in [5, 5.41) is 30.6. The van der Waals surface area contributed by atoms with E-state index in [9.17, 15) is 20.5 Å². The summed E-state index contributed by atoms with van der Waals surface area (Å²) in [5.74, 6) is 0.0447. The van der Waals surface area contributed by atoms with Crippen LogP contribution in [-0.2, 0) is 0 Å². The van der Waals surface area contributed by atoms with Crippen LogP contribution in [0.3, 0.4) is 0 Å². The maximum atomic E-state index is 10.8. The van der Waals surface area contributed by atoms with Crippen molar-refractivity contribution < 1.29 is 10.0 Å². The Morgan fingerprint density at radius 1 is 1.27 bits per heavy atom. The lowest BCUT2D eigenvalue weighted by Gasteiger charge is -2.34. The summed E-state index contributed by atoms with van der Waals surface area (Å²) in [6, 6.07) is 1.80. The van der Waals surface area contributed by atoms with Crippen molar-refractivity contribution in [1.82, 2.24) is 0 Å². The van der Waals surface area contributed by atoms with Gasteiger partial charge in [-0.05, 0) is 31.6 Å². The Morgan fingerprint density at radius 3 is 2.45 bits per heavy atom. The first-order valence-electron chi connectivity index (χ1n) is 7.63. The molecule has 0 aliphatic heterocycles. The van der Waals surface area contributed by atoms with Crippen molar-refractivity contribution in [2.75, 3.05) is 0 Å². The molecule has 2 aliphatic rings. The molecular formula is C15H20Br2N2O3. The topological polar surface area (TPSA) is 87.2 Å². The van der Waals surface area contributed by atoms with Crippen molar-refractivity contribution in [3.8, 4) is 6.07 Å². The summed E-state index contributed by atoms with van der Waals surface area (Å²) < 4.78 is 0. The Kier molecular flexibility index (Phi) is 6.42. The lowest BCUT2D eigenvalue weighted by molar-refractivity contribution is -0.526. The van der Waals surface area contributed by atoms with Crippen LogP contribution in [0.25, 0.3) is 0 Å². The number of rotatable bonds is 3. The molecule has 2 fully saturated rings. The SMILES string of the molecule is N#C/C(=C/[C@H]1C[C@H](Br)C[C@H](Br)[C@@H]1O)C1CCC([N+](=O)[O-])CC1. The van der Waals surface area contributed by atoms with Gasteiger partial charge in [0.1, 0.15) is 0 Å². The Morgan fingerprint density at radius 2 is 1.91 bits per heavy atom. The molecule has 22 heavy (non-hydrogen) atoms. The zero-order chi connectivity index (χ0) is 16.3. The van der Waals surface area contributed by atoms with Crippen molar-refractivity contribution >= 4 is 31.9 Å². The van der Waals surface area contributed by atoms with Gasteiger partial charge in [-0.2, -0.15) is 5.26 Å². The molecule has 0 saturated heterocycles.